The van der Waals surface area contributed by atoms with Gasteiger partial charge >= 0.3 is 0 Å². The Morgan fingerprint density at radius 1 is 1.13 bits per heavy atom. The third kappa shape index (κ3) is 4.16. The van der Waals surface area contributed by atoms with Crippen molar-refractivity contribution < 1.29 is 28.2 Å². The third-order valence-corrected chi connectivity index (χ3v) is 5.40. The highest BCUT2D eigenvalue weighted by molar-refractivity contribution is 8.18. The molecule has 0 radical (unpaired) electrons. The largest absolute Gasteiger partial charge is 0.486 e. The molecule has 154 valence electrons. The number of benzene rings is 2. The van der Waals surface area contributed by atoms with Gasteiger partial charge in [0, 0.05) is 24.2 Å². The summed E-state index contributed by atoms with van der Waals surface area (Å²) >= 11 is 0.745. The van der Waals surface area contributed by atoms with Gasteiger partial charge in [0.2, 0.25) is 0 Å². The second-order valence-electron chi connectivity index (χ2n) is 6.47. The van der Waals surface area contributed by atoms with Crippen molar-refractivity contribution in [3.8, 4) is 11.5 Å². The van der Waals surface area contributed by atoms with E-state index < -0.39 is 17.0 Å². The van der Waals surface area contributed by atoms with Crippen LogP contribution in [0.25, 0.3) is 6.08 Å². The van der Waals surface area contributed by atoms with E-state index in [1.807, 2.05) is 0 Å². The highest BCUT2D eigenvalue weighted by Gasteiger charge is 2.34. The van der Waals surface area contributed by atoms with Gasteiger partial charge in [-0.3, -0.25) is 19.3 Å². The molecule has 2 aliphatic rings. The smallest absolute Gasteiger partial charge is 0.293 e. The van der Waals surface area contributed by atoms with E-state index in [4.69, 9.17) is 9.47 Å². The number of thioether (sulfide) groups is 1. The average molecular weight is 428 g/mol. The molecule has 2 aliphatic heterocycles. The van der Waals surface area contributed by atoms with Gasteiger partial charge in [-0.2, -0.15) is 0 Å². The van der Waals surface area contributed by atoms with Crippen LogP contribution in [0.3, 0.4) is 0 Å². The number of carbonyl (C=O) groups is 3. The number of halogens is 1. The maximum absolute atomic E-state index is 13.8. The summed E-state index contributed by atoms with van der Waals surface area (Å²) in [5, 5.41) is 2.22. The van der Waals surface area contributed by atoms with Crippen LogP contribution in [0.1, 0.15) is 15.9 Å². The first kappa shape index (κ1) is 20.0. The second kappa shape index (κ2) is 8.58. The number of nitrogens with one attached hydrogen (secondary N) is 1. The predicted molar refractivity (Wildman–Crippen MR) is 109 cm³/mol. The molecule has 2 aromatic rings. The first-order valence-corrected chi connectivity index (χ1v) is 10.0. The molecule has 7 nitrogen and oxygen atoms in total. The van der Waals surface area contributed by atoms with Crippen LogP contribution < -0.4 is 14.8 Å². The van der Waals surface area contributed by atoms with Gasteiger partial charge in [-0.1, -0.05) is 18.2 Å². The summed E-state index contributed by atoms with van der Waals surface area (Å²) in [6, 6.07) is 10.9. The Labute approximate surface area is 175 Å². The molecule has 2 heterocycles. The third-order valence-electron chi connectivity index (χ3n) is 4.49. The van der Waals surface area contributed by atoms with Gasteiger partial charge in [0.1, 0.15) is 19.0 Å². The quantitative estimate of drug-likeness (QED) is 0.737. The van der Waals surface area contributed by atoms with Crippen molar-refractivity contribution in [1.82, 2.24) is 10.2 Å². The minimum atomic E-state index is -0.512. The van der Waals surface area contributed by atoms with E-state index in [1.165, 1.54) is 18.2 Å². The zero-order valence-corrected chi connectivity index (χ0v) is 16.5. The van der Waals surface area contributed by atoms with Gasteiger partial charge in [0.15, 0.2) is 11.5 Å². The van der Waals surface area contributed by atoms with Crippen molar-refractivity contribution in [1.29, 1.82) is 0 Å². The van der Waals surface area contributed by atoms with Crippen LogP contribution >= 0.6 is 11.8 Å². The van der Waals surface area contributed by atoms with Crippen LogP contribution in [0, 0.1) is 5.82 Å². The number of hydrogen-bond donors (Lipinski definition) is 1. The Morgan fingerprint density at radius 3 is 2.70 bits per heavy atom. The van der Waals surface area contributed by atoms with E-state index >= 15 is 0 Å². The molecule has 9 heteroatoms. The van der Waals surface area contributed by atoms with Crippen molar-refractivity contribution >= 4 is 34.9 Å². The van der Waals surface area contributed by atoms with Gasteiger partial charge in [-0.05, 0) is 42.1 Å². The van der Waals surface area contributed by atoms with E-state index in [9.17, 15) is 18.8 Å². The first-order valence-electron chi connectivity index (χ1n) is 9.20. The normalized spacial score (nSPS) is 16.8. The molecule has 3 amide bonds. The summed E-state index contributed by atoms with van der Waals surface area (Å²) in [6.45, 7) is 0.966. The molecule has 30 heavy (non-hydrogen) atoms. The fraction of sp³-hybridized carbons (Fsp3) is 0.190. The van der Waals surface area contributed by atoms with Crippen LogP contribution in [0.15, 0.2) is 47.4 Å². The number of ether oxygens (including phenoxy) is 2. The molecule has 0 unspecified atom stereocenters. The van der Waals surface area contributed by atoms with Crippen molar-refractivity contribution in [2.24, 2.45) is 0 Å². The van der Waals surface area contributed by atoms with Gasteiger partial charge < -0.3 is 14.8 Å². The number of fused-ring (bicyclic) bond motifs is 1. The van der Waals surface area contributed by atoms with E-state index in [1.54, 1.807) is 30.3 Å². The number of nitrogens with zero attached hydrogens (tertiary/aromatic N) is 1. The molecular weight excluding hydrogens is 411 g/mol. The minimum Gasteiger partial charge on any atom is -0.486 e. The zero-order valence-electron chi connectivity index (χ0n) is 15.7. The summed E-state index contributed by atoms with van der Waals surface area (Å²) in [4.78, 5) is 38.2. The lowest BCUT2D eigenvalue weighted by Gasteiger charge is -2.19. The molecule has 0 aromatic heterocycles. The Kier molecular flexibility index (Phi) is 5.71. The number of hydrogen-bond acceptors (Lipinski definition) is 6. The Hall–Kier alpha value is -3.33. The lowest BCUT2D eigenvalue weighted by Crippen LogP contribution is -2.37. The molecule has 0 bridgehead atoms. The molecule has 0 aliphatic carbocycles. The summed E-state index contributed by atoms with van der Waals surface area (Å²) < 4.78 is 24.7. The van der Waals surface area contributed by atoms with Gasteiger partial charge in [-0.15, -0.1) is 0 Å². The van der Waals surface area contributed by atoms with E-state index in [-0.39, 0.29) is 29.5 Å². The molecule has 0 atom stereocenters. The highest BCUT2D eigenvalue weighted by atomic mass is 32.2. The molecule has 4 rings (SSSR count). The van der Waals surface area contributed by atoms with Gasteiger partial charge in [-0.25, -0.2) is 4.39 Å². The van der Waals surface area contributed by atoms with Crippen LogP contribution in [-0.4, -0.2) is 48.3 Å². The predicted octanol–water partition coefficient (Wildman–Crippen LogP) is 3.06. The molecule has 0 saturated carbocycles. The van der Waals surface area contributed by atoms with Crippen molar-refractivity contribution in [3.63, 3.8) is 0 Å². The van der Waals surface area contributed by atoms with Crippen molar-refractivity contribution in [2.45, 2.75) is 0 Å². The maximum Gasteiger partial charge on any atom is 0.293 e. The van der Waals surface area contributed by atoms with Crippen LogP contribution in [-0.2, 0) is 4.79 Å². The fourth-order valence-corrected chi connectivity index (χ4v) is 3.85. The molecule has 2 aromatic carbocycles. The number of imide groups is 1. The van der Waals surface area contributed by atoms with E-state index in [0.717, 1.165) is 16.7 Å². The summed E-state index contributed by atoms with van der Waals surface area (Å²) in [7, 11) is 0. The number of carbonyl (C=O) groups excluding carboxylic acids is 3. The van der Waals surface area contributed by atoms with Crippen LogP contribution in [0.4, 0.5) is 9.18 Å². The highest BCUT2D eigenvalue weighted by Crippen LogP contribution is 2.32. The number of rotatable bonds is 5. The molecule has 1 saturated heterocycles. The van der Waals surface area contributed by atoms with Crippen LogP contribution in [0.5, 0.6) is 11.5 Å². The standard InChI is InChI=1S/C21H17FN2O5S/c22-15-4-2-1-3-13(15)12-18-20(26)24(21(27)30-18)8-7-23-19(25)14-5-6-16-17(11-14)29-10-9-28-16/h1-6,11-12H,7-10H2,(H,23,25)/b18-12-. The Morgan fingerprint density at radius 2 is 1.90 bits per heavy atom. The monoisotopic (exact) mass is 428 g/mol. The van der Waals surface area contributed by atoms with Gasteiger partial charge in [0.05, 0.1) is 4.91 Å². The van der Waals surface area contributed by atoms with Crippen molar-refractivity contribution in [3.05, 3.63) is 64.3 Å². The summed E-state index contributed by atoms with van der Waals surface area (Å²) in [5.41, 5.74) is 0.614. The van der Waals surface area contributed by atoms with Crippen LogP contribution in [0.2, 0.25) is 0 Å². The Bertz CT molecular complexity index is 1060. The minimum absolute atomic E-state index is 0.00949. The summed E-state index contributed by atoms with van der Waals surface area (Å²) in [6.07, 6.45) is 1.36. The number of amides is 3. The van der Waals surface area contributed by atoms with E-state index in [2.05, 4.69) is 5.32 Å². The topological polar surface area (TPSA) is 84.9 Å². The lowest BCUT2D eigenvalue weighted by molar-refractivity contribution is -0.122. The summed E-state index contributed by atoms with van der Waals surface area (Å²) in [5.74, 6) is -0.269. The average Bonchev–Trinajstić information content (AvgIpc) is 3.02. The molecule has 1 fully saturated rings. The fourth-order valence-electron chi connectivity index (χ4n) is 2.99. The molecule has 0 spiro atoms. The maximum atomic E-state index is 13.8. The zero-order chi connectivity index (χ0) is 21.1. The molecular formula is C21H17FN2O5S. The Balaban J connectivity index is 1.36. The molecule has 1 N–H and O–H groups in total. The SMILES string of the molecule is O=C(NCCN1C(=O)S/C(=C\c2ccccc2F)C1=O)c1ccc2c(c1)OCCO2. The van der Waals surface area contributed by atoms with E-state index in [0.29, 0.717) is 30.3 Å². The lowest BCUT2D eigenvalue weighted by atomic mass is 10.2. The first-order chi connectivity index (χ1) is 14.5. The van der Waals surface area contributed by atoms with Gasteiger partial charge in [0.25, 0.3) is 17.1 Å². The van der Waals surface area contributed by atoms with Crippen molar-refractivity contribution in [2.75, 3.05) is 26.3 Å². The second-order valence-corrected chi connectivity index (χ2v) is 7.46.